The third kappa shape index (κ3) is 10.6. The number of aliphatic carboxylic acids is 1. The summed E-state index contributed by atoms with van der Waals surface area (Å²) in [6.07, 6.45) is 1.86. The average Bonchev–Trinajstić information content (AvgIpc) is 2.47. The number of esters is 1. The van der Waals surface area contributed by atoms with Gasteiger partial charge in [0.25, 0.3) is 0 Å². The van der Waals surface area contributed by atoms with Gasteiger partial charge in [0.1, 0.15) is 13.2 Å². The lowest BCUT2D eigenvalue weighted by Crippen LogP contribution is -2.02. The Morgan fingerprint density at radius 1 is 1.38 bits per heavy atom. The molecule has 0 radical (unpaired) electrons. The van der Waals surface area contributed by atoms with Crippen molar-refractivity contribution in [3.63, 3.8) is 0 Å². The molecule has 0 amide bonds. The second kappa shape index (κ2) is 12.0. The summed E-state index contributed by atoms with van der Waals surface area (Å²) >= 11 is 1.75. The number of carboxylic acid groups (broad SMARTS) is 1. The molecular formula is C15H20O5S. The molecule has 0 saturated carbocycles. The van der Waals surface area contributed by atoms with Crippen LogP contribution in [0.5, 0.6) is 0 Å². The summed E-state index contributed by atoms with van der Waals surface area (Å²) in [7, 11) is 0. The summed E-state index contributed by atoms with van der Waals surface area (Å²) in [5.74, 6) is 0.339. The number of benzene rings is 1. The van der Waals surface area contributed by atoms with E-state index in [2.05, 4.69) is 18.7 Å². The molecule has 0 fully saturated rings. The normalized spacial score (nSPS) is 9.24. The monoisotopic (exact) mass is 312 g/mol. The summed E-state index contributed by atoms with van der Waals surface area (Å²) in [4.78, 5) is 19.7. The summed E-state index contributed by atoms with van der Waals surface area (Å²) in [5.41, 5.74) is 2.44. The highest BCUT2D eigenvalue weighted by Crippen LogP contribution is 2.17. The number of carboxylic acids is 1. The minimum atomic E-state index is -1.19. The van der Waals surface area contributed by atoms with E-state index in [9.17, 15) is 4.79 Å². The van der Waals surface area contributed by atoms with E-state index in [4.69, 9.17) is 19.7 Å². The first kappa shape index (κ1) is 19.2. The maximum absolute atomic E-state index is 10.5. The lowest BCUT2D eigenvalue weighted by Gasteiger charge is -2.05. The van der Waals surface area contributed by atoms with Crippen LogP contribution in [0.25, 0.3) is 6.08 Å². The molecule has 2 N–H and O–H groups in total. The van der Waals surface area contributed by atoms with Crippen molar-refractivity contribution in [1.29, 1.82) is 0 Å². The molecule has 0 aromatic heterocycles. The van der Waals surface area contributed by atoms with Gasteiger partial charge in [0.05, 0.1) is 0 Å². The standard InChI is InChI=1S/C13H16O2S.C2H4O3/c1-3-12-6-4-5-7-13(12)10-16-9-8-15-11(2)14;3-1-2(4)5/h3-7H,1,8-10H2,2H3;3H,1H2,(H,4,5). The quantitative estimate of drug-likeness (QED) is 0.593. The molecule has 0 atom stereocenters. The first-order valence-electron chi connectivity index (χ1n) is 6.25. The lowest BCUT2D eigenvalue weighted by molar-refractivity contribution is -0.141. The van der Waals surface area contributed by atoms with Crippen molar-refractivity contribution in [2.45, 2.75) is 12.7 Å². The van der Waals surface area contributed by atoms with Crippen LogP contribution in [0.4, 0.5) is 0 Å². The molecule has 6 heteroatoms. The van der Waals surface area contributed by atoms with Crippen molar-refractivity contribution >= 4 is 29.8 Å². The van der Waals surface area contributed by atoms with Gasteiger partial charge in [0, 0.05) is 18.4 Å². The first-order valence-corrected chi connectivity index (χ1v) is 7.40. The molecule has 0 aliphatic carbocycles. The predicted molar refractivity (Wildman–Crippen MR) is 84.0 cm³/mol. The van der Waals surface area contributed by atoms with Gasteiger partial charge in [-0.2, -0.15) is 11.8 Å². The van der Waals surface area contributed by atoms with Crippen molar-refractivity contribution in [3.05, 3.63) is 42.0 Å². The van der Waals surface area contributed by atoms with Crippen molar-refractivity contribution < 1.29 is 24.5 Å². The van der Waals surface area contributed by atoms with E-state index in [0.29, 0.717) is 6.61 Å². The number of rotatable bonds is 7. The molecule has 0 saturated heterocycles. The number of carbonyl (C=O) groups excluding carboxylic acids is 1. The summed E-state index contributed by atoms with van der Waals surface area (Å²) in [6.45, 7) is 4.91. The highest BCUT2D eigenvalue weighted by atomic mass is 32.2. The number of ether oxygens (including phenoxy) is 1. The minimum absolute atomic E-state index is 0.216. The SMILES string of the molecule is C=Cc1ccccc1CSCCOC(C)=O.O=C(O)CO. The number of carbonyl (C=O) groups is 2. The largest absolute Gasteiger partial charge is 0.480 e. The Labute approximate surface area is 128 Å². The van der Waals surface area contributed by atoms with Crippen LogP contribution in [0.2, 0.25) is 0 Å². The van der Waals surface area contributed by atoms with E-state index in [1.165, 1.54) is 18.1 Å². The van der Waals surface area contributed by atoms with Gasteiger partial charge in [-0.05, 0) is 11.1 Å². The molecule has 1 aromatic carbocycles. The third-order valence-corrected chi connectivity index (χ3v) is 3.17. The molecule has 0 aliphatic heterocycles. The van der Waals surface area contributed by atoms with Crippen molar-refractivity contribution in [1.82, 2.24) is 0 Å². The van der Waals surface area contributed by atoms with Crippen molar-refractivity contribution in [2.75, 3.05) is 19.0 Å². The Morgan fingerprint density at radius 2 is 2.00 bits per heavy atom. The van der Waals surface area contributed by atoms with Crippen LogP contribution in [0, 0.1) is 0 Å². The zero-order valence-corrected chi connectivity index (χ0v) is 12.8. The van der Waals surface area contributed by atoms with Gasteiger partial charge < -0.3 is 14.9 Å². The number of hydrogen-bond acceptors (Lipinski definition) is 5. The maximum Gasteiger partial charge on any atom is 0.329 e. The van der Waals surface area contributed by atoms with Crippen LogP contribution < -0.4 is 0 Å². The molecule has 21 heavy (non-hydrogen) atoms. The highest BCUT2D eigenvalue weighted by Gasteiger charge is 1.99. The van der Waals surface area contributed by atoms with E-state index in [1.54, 1.807) is 11.8 Å². The van der Waals surface area contributed by atoms with Crippen LogP contribution in [0.1, 0.15) is 18.1 Å². The Hall–Kier alpha value is -1.79. The molecule has 0 bridgehead atoms. The van der Waals surface area contributed by atoms with E-state index in [0.717, 1.165) is 11.5 Å². The summed E-state index contributed by atoms with van der Waals surface area (Å²) in [5, 5.41) is 15.0. The van der Waals surface area contributed by atoms with E-state index in [1.807, 2.05) is 18.2 Å². The molecule has 1 rings (SSSR count). The van der Waals surface area contributed by atoms with E-state index >= 15 is 0 Å². The fourth-order valence-corrected chi connectivity index (χ4v) is 2.12. The molecular weight excluding hydrogens is 292 g/mol. The van der Waals surface area contributed by atoms with Gasteiger partial charge in [0.15, 0.2) is 0 Å². The molecule has 0 spiro atoms. The molecule has 116 valence electrons. The first-order chi connectivity index (χ1) is 10.0. The third-order valence-electron chi connectivity index (χ3n) is 2.20. The van der Waals surface area contributed by atoms with Gasteiger partial charge in [-0.15, -0.1) is 0 Å². The van der Waals surface area contributed by atoms with E-state index < -0.39 is 12.6 Å². The fraction of sp³-hybridized carbons (Fsp3) is 0.333. The lowest BCUT2D eigenvalue weighted by atomic mass is 10.1. The van der Waals surface area contributed by atoms with Crippen molar-refractivity contribution in [2.24, 2.45) is 0 Å². The predicted octanol–water partition coefficient (Wildman–Crippen LogP) is 2.19. The summed E-state index contributed by atoms with van der Waals surface area (Å²) in [6, 6.07) is 8.17. The van der Waals surface area contributed by atoms with Gasteiger partial charge in [-0.1, -0.05) is 36.9 Å². The molecule has 0 heterocycles. The Balaban J connectivity index is 0.000000690. The van der Waals surface area contributed by atoms with Crippen LogP contribution >= 0.6 is 11.8 Å². The van der Waals surface area contributed by atoms with Crippen LogP contribution in [-0.2, 0) is 20.1 Å². The smallest absolute Gasteiger partial charge is 0.329 e. The fourth-order valence-electron chi connectivity index (χ4n) is 1.29. The molecule has 5 nitrogen and oxygen atoms in total. The van der Waals surface area contributed by atoms with Crippen LogP contribution in [0.15, 0.2) is 30.8 Å². The number of aliphatic hydroxyl groups is 1. The number of aliphatic hydroxyl groups excluding tert-OH is 1. The Bertz CT molecular complexity index is 459. The van der Waals surface area contributed by atoms with E-state index in [-0.39, 0.29) is 5.97 Å². The Morgan fingerprint density at radius 3 is 2.52 bits per heavy atom. The second-order valence-electron chi connectivity index (χ2n) is 3.85. The Kier molecular flexibility index (Phi) is 11.0. The highest BCUT2D eigenvalue weighted by molar-refractivity contribution is 7.98. The molecule has 0 aliphatic rings. The van der Waals surface area contributed by atoms with Crippen molar-refractivity contribution in [3.8, 4) is 0 Å². The zero-order chi connectivity index (χ0) is 16.1. The number of thioether (sulfide) groups is 1. The molecule has 1 aromatic rings. The topological polar surface area (TPSA) is 83.8 Å². The van der Waals surface area contributed by atoms with Crippen LogP contribution in [0.3, 0.4) is 0 Å². The van der Waals surface area contributed by atoms with Gasteiger partial charge in [-0.3, -0.25) is 4.79 Å². The maximum atomic E-state index is 10.5. The summed E-state index contributed by atoms with van der Waals surface area (Å²) < 4.78 is 4.86. The van der Waals surface area contributed by atoms with Crippen LogP contribution in [-0.4, -0.2) is 41.1 Å². The second-order valence-corrected chi connectivity index (χ2v) is 4.95. The average molecular weight is 312 g/mol. The van der Waals surface area contributed by atoms with Gasteiger partial charge in [-0.25, -0.2) is 4.79 Å². The minimum Gasteiger partial charge on any atom is -0.480 e. The zero-order valence-electron chi connectivity index (χ0n) is 11.9. The number of hydrogen-bond donors (Lipinski definition) is 2. The van der Waals surface area contributed by atoms with Gasteiger partial charge >= 0.3 is 11.9 Å². The van der Waals surface area contributed by atoms with Gasteiger partial charge in [0.2, 0.25) is 0 Å². The molecule has 0 unspecified atom stereocenters.